The number of imidazole rings is 1. The van der Waals surface area contributed by atoms with E-state index in [-0.39, 0.29) is 5.82 Å². The van der Waals surface area contributed by atoms with Crippen LogP contribution in [0.5, 0.6) is 0 Å². The van der Waals surface area contributed by atoms with E-state index in [2.05, 4.69) is 86.3 Å². The summed E-state index contributed by atoms with van der Waals surface area (Å²) in [7, 11) is 0. The van der Waals surface area contributed by atoms with E-state index in [4.69, 9.17) is 4.98 Å². The second-order valence-electron chi connectivity index (χ2n) is 5.98. The van der Waals surface area contributed by atoms with Crippen LogP contribution >= 0.6 is 56.5 Å². The number of anilines is 2. The largest absolute Gasteiger partial charge is 0.338 e. The first-order valence-electron chi connectivity index (χ1n) is 7.90. The van der Waals surface area contributed by atoms with Gasteiger partial charge in [-0.3, -0.25) is 4.40 Å². The maximum Gasteiger partial charge on any atom is 0.196 e. The molecule has 26 heavy (non-hydrogen) atoms. The van der Waals surface area contributed by atoms with Crippen LogP contribution in [0.25, 0.3) is 16.2 Å². The molecule has 0 amide bonds. The molecule has 2 aromatic heterocycles. The zero-order chi connectivity index (χ0) is 18.4. The minimum absolute atomic E-state index is 0.238. The van der Waals surface area contributed by atoms with Gasteiger partial charge in [0.2, 0.25) is 0 Å². The van der Waals surface area contributed by atoms with Crippen LogP contribution < -0.4 is 5.32 Å². The molecule has 0 fully saturated rings. The minimum Gasteiger partial charge on any atom is -0.338 e. The van der Waals surface area contributed by atoms with Crippen LogP contribution in [0.1, 0.15) is 11.3 Å². The van der Waals surface area contributed by atoms with Crippen LogP contribution in [0, 0.1) is 26.8 Å². The zero-order valence-electron chi connectivity index (χ0n) is 14.0. The van der Waals surface area contributed by atoms with Crippen molar-refractivity contribution in [3.63, 3.8) is 0 Å². The van der Waals surface area contributed by atoms with Gasteiger partial charge in [-0.1, -0.05) is 12.1 Å². The first kappa shape index (κ1) is 18.2. The summed E-state index contributed by atoms with van der Waals surface area (Å²) in [6.45, 7) is 4.16. The molecule has 0 radical (unpaired) electrons. The third-order valence-electron chi connectivity index (χ3n) is 4.19. The molecule has 0 aliphatic heterocycles. The van der Waals surface area contributed by atoms with E-state index >= 15 is 0 Å². The highest BCUT2D eigenvalue weighted by atomic mass is 127. The van der Waals surface area contributed by atoms with Crippen molar-refractivity contribution in [1.82, 2.24) is 9.38 Å². The second-order valence-corrected chi connectivity index (χ2v) is 9.15. The van der Waals surface area contributed by atoms with Crippen molar-refractivity contribution in [3.8, 4) is 11.3 Å². The molecule has 0 saturated carbocycles. The standard InChI is InChI=1S/C19H14FI2N3S/c1-10-4-3-5-14(21)16(10)23-18-17(13-7-6-12(20)8-15(13)22)24-19-25(18)11(2)9-26-19/h3-9,23H,1-2H3. The molecule has 4 aromatic rings. The zero-order valence-corrected chi connectivity index (χ0v) is 19.1. The van der Waals surface area contributed by atoms with Crippen LogP contribution in [-0.2, 0) is 0 Å². The van der Waals surface area contributed by atoms with E-state index in [1.54, 1.807) is 17.4 Å². The van der Waals surface area contributed by atoms with Crippen LogP contribution in [0.15, 0.2) is 41.8 Å². The van der Waals surface area contributed by atoms with E-state index in [1.165, 1.54) is 17.7 Å². The molecule has 0 atom stereocenters. The lowest BCUT2D eigenvalue weighted by molar-refractivity contribution is 0.627. The monoisotopic (exact) mass is 589 g/mol. The van der Waals surface area contributed by atoms with Crippen LogP contribution in [0.3, 0.4) is 0 Å². The average Bonchev–Trinajstić information content (AvgIpc) is 3.12. The number of aromatic nitrogens is 2. The molecule has 0 saturated heterocycles. The summed E-state index contributed by atoms with van der Waals surface area (Å²) in [6, 6.07) is 11.0. The Balaban J connectivity index is 1.96. The number of hydrogen-bond donors (Lipinski definition) is 1. The number of nitrogens with one attached hydrogen (secondary N) is 1. The molecule has 3 nitrogen and oxygen atoms in total. The Labute approximate surface area is 181 Å². The Kier molecular flexibility index (Phi) is 4.95. The molecular formula is C19H14FI2N3S. The number of hydrogen-bond acceptors (Lipinski definition) is 3. The molecule has 7 heteroatoms. The summed E-state index contributed by atoms with van der Waals surface area (Å²) in [5, 5.41) is 5.69. The number of halogens is 3. The van der Waals surface area contributed by atoms with Crippen molar-refractivity contribution in [2.45, 2.75) is 13.8 Å². The van der Waals surface area contributed by atoms with Gasteiger partial charge in [0.05, 0.1) is 5.69 Å². The van der Waals surface area contributed by atoms with Gasteiger partial charge in [-0.2, -0.15) is 0 Å². The van der Waals surface area contributed by atoms with Gasteiger partial charge in [-0.15, -0.1) is 11.3 Å². The molecule has 132 valence electrons. The predicted octanol–water partition coefficient (Wildman–Crippen LogP) is 6.77. The van der Waals surface area contributed by atoms with Crippen molar-refractivity contribution in [3.05, 3.63) is 66.0 Å². The van der Waals surface area contributed by atoms with Crippen molar-refractivity contribution < 1.29 is 4.39 Å². The normalized spacial score (nSPS) is 11.3. The Morgan fingerprint density at radius 2 is 1.92 bits per heavy atom. The summed E-state index contributed by atoms with van der Waals surface area (Å²) in [5.41, 5.74) is 5.11. The Bertz CT molecular complexity index is 1110. The lowest BCUT2D eigenvalue weighted by atomic mass is 10.1. The minimum atomic E-state index is -0.238. The van der Waals surface area contributed by atoms with Crippen molar-refractivity contribution in [1.29, 1.82) is 0 Å². The Morgan fingerprint density at radius 1 is 1.12 bits per heavy atom. The highest BCUT2D eigenvalue weighted by molar-refractivity contribution is 14.1. The fraction of sp³-hybridized carbons (Fsp3) is 0.105. The number of para-hydroxylation sites is 1. The van der Waals surface area contributed by atoms with E-state index in [1.807, 2.05) is 6.07 Å². The first-order valence-corrected chi connectivity index (χ1v) is 10.9. The van der Waals surface area contributed by atoms with Gasteiger partial charge in [0, 0.05) is 23.8 Å². The third-order valence-corrected chi connectivity index (χ3v) is 6.92. The second kappa shape index (κ2) is 7.08. The highest BCUT2D eigenvalue weighted by Crippen LogP contribution is 2.37. The van der Waals surface area contributed by atoms with Gasteiger partial charge in [0.25, 0.3) is 0 Å². The number of thiazole rings is 1. The average molecular weight is 589 g/mol. The third kappa shape index (κ3) is 3.13. The fourth-order valence-electron chi connectivity index (χ4n) is 2.89. The van der Waals surface area contributed by atoms with Crippen LogP contribution in [0.2, 0.25) is 0 Å². The molecule has 0 bridgehead atoms. The van der Waals surface area contributed by atoms with Gasteiger partial charge in [-0.25, -0.2) is 9.37 Å². The summed E-state index contributed by atoms with van der Waals surface area (Å²) in [4.78, 5) is 5.76. The summed E-state index contributed by atoms with van der Waals surface area (Å²) in [6.07, 6.45) is 0. The molecular weight excluding hydrogens is 575 g/mol. The van der Waals surface area contributed by atoms with Gasteiger partial charge in [-0.05, 0) is 88.9 Å². The van der Waals surface area contributed by atoms with E-state index in [0.29, 0.717) is 0 Å². The van der Waals surface area contributed by atoms with Crippen LogP contribution in [0.4, 0.5) is 15.9 Å². The summed E-state index contributed by atoms with van der Waals surface area (Å²) in [5.74, 6) is 0.675. The molecule has 0 unspecified atom stereocenters. The van der Waals surface area contributed by atoms with Crippen molar-refractivity contribution in [2.75, 3.05) is 5.32 Å². The van der Waals surface area contributed by atoms with E-state index < -0.39 is 0 Å². The number of aryl methyl sites for hydroxylation is 2. The SMILES string of the molecule is Cc1cccc(I)c1Nc1c(-c2ccc(F)cc2I)nc2scc(C)n12. The van der Waals surface area contributed by atoms with Gasteiger partial charge < -0.3 is 5.32 Å². The highest BCUT2D eigenvalue weighted by Gasteiger charge is 2.20. The van der Waals surface area contributed by atoms with Crippen molar-refractivity contribution in [2.24, 2.45) is 0 Å². The number of benzene rings is 2. The topological polar surface area (TPSA) is 29.3 Å². The fourth-order valence-corrected chi connectivity index (χ4v) is 5.26. The molecule has 1 N–H and O–H groups in total. The number of nitrogens with zero attached hydrogens (tertiary/aromatic N) is 2. The Hall–Kier alpha value is -1.20. The predicted molar refractivity (Wildman–Crippen MR) is 123 cm³/mol. The molecule has 0 aliphatic carbocycles. The van der Waals surface area contributed by atoms with E-state index in [9.17, 15) is 4.39 Å². The summed E-state index contributed by atoms with van der Waals surface area (Å²) >= 11 is 6.11. The van der Waals surface area contributed by atoms with Gasteiger partial charge >= 0.3 is 0 Å². The molecule has 0 spiro atoms. The van der Waals surface area contributed by atoms with Crippen LogP contribution in [-0.4, -0.2) is 9.38 Å². The molecule has 0 aliphatic rings. The lowest BCUT2D eigenvalue weighted by Crippen LogP contribution is -2.01. The Morgan fingerprint density at radius 3 is 2.65 bits per heavy atom. The van der Waals surface area contributed by atoms with Gasteiger partial charge in [0.15, 0.2) is 4.96 Å². The maximum absolute atomic E-state index is 13.6. The molecule has 2 heterocycles. The van der Waals surface area contributed by atoms with E-state index in [0.717, 1.165) is 40.6 Å². The number of rotatable bonds is 3. The van der Waals surface area contributed by atoms with Gasteiger partial charge in [0.1, 0.15) is 17.3 Å². The molecule has 2 aromatic carbocycles. The first-order chi connectivity index (χ1) is 12.5. The smallest absolute Gasteiger partial charge is 0.196 e. The quantitative estimate of drug-likeness (QED) is 0.268. The number of fused-ring (bicyclic) bond motifs is 1. The maximum atomic E-state index is 13.6. The summed E-state index contributed by atoms with van der Waals surface area (Å²) < 4.78 is 17.7. The lowest BCUT2D eigenvalue weighted by Gasteiger charge is -2.14. The van der Waals surface area contributed by atoms with Crippen molar-refractivity contribution >= 4 is 73.0 Å². The molecule has 4 rings (SSSR count).